The quantitative estimate of drug-likeness (QED) is 0.206. The molecule has 0 bridgehead atoms. The Morgan fingerprint density at radius 2 is 1.00 bits per heavy atom. The molecule has 0 amide bonds. The molecule has 0 radical (unpaired) electrons. The van der Waals surface area contributed by atoms with Crippen LogP contribution in [0, 0.1) is 27.7 Å². The number of hydrogen-bond acceptors (Lipinski definition) is 4. The third-order valence-electron chi connectivity index (χ3n) is 7.67. The first kappa shape index (κ1) is 26.2. The molecular weight excluding hydrogens is 460 g/mol. The summed E-state index contributed by atoms with van der Waals surface area (Å²) in [6.45, 7) is 7.69. The largest absolute Gasteiger partial charge is 0.508 e. The molecule has 4 aromatic carbocycles. The molecule has 0 saturated heterocycles. The fourth-order valence-corrected chi connectivity index (χ4v) is 5.31. The third-order valence-corrected chi connectivity index (χ3v) is 7.67. The lowest BCUT2D eigenvalue weighted by atomic mass is 9.66. The zero-order chi connectivity index (χ0) is 26.7. The maximum absolute atomic E-state index is 10.6. The van der Waals surface area contributed by atoms with Crippen molar-refractivity contribution in [2.75, 3.05) is 0 Å². The number of phenolic OH excluding ortho intramolecular Hbond substituents is 4. The Morgan fingerprint density at radius 3 is 1.57 bits per heavy atom. The summed E-state index contributed by atoms with van der Waals surface area (Å²) >= 11 is 0. The molecule has 4 aromatic rings. The second kappa shape index (κ2) is 10.6. The Labute approximate surface area is 219 Å². The monoisotopic (exact) mass is 496 g/mol. The molecular formula is C33H36O4. The highest BCUT2D eigenvalue weighted by Crippen LogP contribution is 2.44. The lowest BCUT2D eigenvalue weighted by molar-refractivity contribution is 0.428. The van der Waals surface area contributed by atoms with Gasteiger partial charge in [0.05, 0.1) is 0 Å². The number of phenols is 4. The van der Waals surface area contributed by atoms with E-state index in [1.165, 1.54) is 0 Å². The molecule has 4 nitrogen and oxygen atoms in total. The predicted octanol–water partition coefficient (Wildman–Crippen LogP) is 7.29. The van der Waals surface area contributed by atoms with Crippen LogP contribution in [0.15, 0.2) is 72.8 Å². The fraction of sp³-hybridized carbons (Fsp3) is 0.273. The van der Waals surface area contributed by atoms with Crippen molar-refractivity contribution in [3.8, 4) is 23.0 Å². The first-order valence-electron chi connectivity index (χ1n) is 12.8. The van der Waals surface area contributed by atoms with Crippen molar-refractivity contribution >= 4 is 0 Å². The summed E-state index contributed by atoms with van der Waals surface area (Å²) in [6.07, 6.45) is 3.16. The summed E-state index contributed by atoms with van der Waals surface area (Å²) in [4.78, 5) is 0. The van der Waals surface area contributed by atoms with Gasteiger partial charge in [-0.25, -0.2) is 0 Å². The van der Waals surface area contributed by atoms with E-state index < -0.39 is 5.41 Å². The molecule has 192 valence electrons. The summed E-state index contributed by atoms with van der Waals surface area (Å²) in [6, 6.07) is 23.1. The van der Waals surface area contributed by atoms with Crippen LogP contribution in [0.2, 0.25) is 0 Å². The van der Waals surface area contributed by atoms with Crippen LogP contribution in [-0.2, 0) is 18.3 Å². The zero-order valence-electron chi connectivity index (χ0n) is 22.0. The van der Waals surface area contributed by atoms with Crippen molar-refractivity contribution in [3.63, 3.8) is 0 Å². The maximum Gasteiger partial charge on any atom is 0.121 e. The second-order valence-electron chi connectivity index (χ2n) is 10.3. The minimum atomic E-state index is -0.411. The average Bonchev–Trinajstić information content (AvgIpc) is 2.87. The molecule has 4 heteroatoms. The van der Waals surface area contributed by atoms with Gasteiger partial charge in [-0.3, -0.25) is 0 Å². The Morgan fingerprint density at radius 1 is 0.514 bits per heavy atom. The molecule has 0 aliphatic rings. The highest BCUT2D eigenvalue weighted by Gasteiger charge is 2.35. The molecule has 0 spiro atoms. The van der Waals surface area contributed by atoms with E-state index in [0.29, 0.717) is 11.5 Å². The Hall–Kier alpha value is -3.92. The summed E-state index contributed by atoms with van der Waals surface area (Å²) in [5.74, 6) is 1.12. The van der Waals surface area contributed by atoms with Crippen molar-refractivity contribution < 1.29 is 20.4 Å². The minimum absolute atomic E-state index is 0.247. The van der Waals surface area contributed by atoms with E-state index >= 15 is 0 Å². The summed E-state index contributed by atoms with van der Waals surface area (Å²) in [5.41, 5.74) is 7.44. The second-order valence-corrected chi connectivity index (χ2v) is 10.3. The first-order valence-corrected chi connectivity index (χ1v) is 12.8. The third kappa shape index (κ3) is 5.59. The Bertz CT molecular complexity index is 1380. The van der Waals surface area contributed by atoms with E-state index in [9.17, 15) is 20.4 Å². The van der Waals surface area contributed by atoms with Gasteiger partial charge in [0.2, 0.25) is 0 Å². The average molecular weight is 497 g/mol. The highest BCUT2D eigenvalue weighted by atomic mass is 16.3. The number of rotatable bonds is 8. The van der Waals surface area contributed by atoms with Crippen molar-refractivity contribution in [1.29, 1.82) is 0 Å². The van der Waals surface area contributed by atoms with Crippen LogP contribution in [0.5, 0.6) is 23.0 Å². The topological polar surface area (TPSA) is 80.9 Å². The molecule has 0 saturated carbocycles. The van der Waals surface area contributed by atoms with Gasteiger partial charge in [-0.2, -0.15) is 0 Å². The Kier molecular flexibility index (Phi) is 7.49. The van der Waals surface area contributed by atoms with Gasteiger partial charge < -0.3 is 20.4 Å². The maximum atomic E-state index is 10.6. The van der Waals surface area contributed by atoms with Gasteiger partial charge in [0, 0.05) is 5.41 Å². The van der Waals surface area contributed by atoms with Gasteiger partial charge in [0.15, 0.2) is 0 Å². The van der Waals surface area contributed by atoms with Crippen molar-refractivity contribution in [1.82, 2.24) is 0 Å². The lowest BCUT2D eigenvalue weighted by Gasteiger charge is -2.37. The van der Waals surface area contributed by atoms with Crippen LogP contribution in [-0.4, -0.2) is 20.4 Å². The van der Waals surface area contributed by atoms with Gasteiger partial charge in [-0.05, 0) is 122 Å². The Balaban J connectivity index is 1.87. The highest BCUT2D eigenvalue weighted by molar-refractivity contribution is 5.51. The van der Waals surface area contributed by atoms with Crippen molar-refractivity contribution in [2.24, 2.45) is 0 Å². The molecule has 1 unspecified atom stereocenters. The van der Waals surface area contributed by atoms with E-state index in [4.69, 9.17) is 0 Å². The van der Waals surface area contributed by atoms with E-state index in [2.05, 4.69) is 18.2 Å². The van der Waals surface area contributed by atoms with Gasteiger partial charge in [0.25, 0.3) is 0 Å². The molecule has 0 heterocycles. The first-order chi connectivity index (χ1) is 17.6. The standard InChI is InChI=1S/C33H36O4/c1-21-17-26(7-11-30(21)35)14-16-33(27-8-12-31(36)22(2)18-27,15-13-25-5-9-29(34)10-6-25)28-19-23(3)32(37)24(4)20-28/h5-12,17-20,34-37H,13-16H2,1-4H3. The number of hydrogen-bond donors (Lipinski definition) is 4. The van der Waals surface area contributed by atoms with Crippen LogP contribution < -0.4 is 0 Å². The smallest absolute Gasteiger partial charge is 0.121 e. The van der Waals surface area contributed by atoms with Gasteiger partial charge in [-0.1, -0.05) is 48.5 Å². The minimum Gasteiger partial charge on any atom is -0.508 e. The van der Waals surface area contributed by atoms with Crippen LogP contribution >= 0.6 is 0 Å². The summed E-state index contributed by atoms with van der Waals surface area (Å²) < 4.78 is 0. The SMILES string of the molecule is Cc1cc(CCC(CCc2ccc(O)cc2)(c2ccc(O)c(C)c2)c2cc(C)c(O)c(C)c2)ccc1O. The fourth-order valence-electron chi connectivity index (χ4n) is 5.31. The van der Waals surface area contributed by atoms with Gasteiger partial charge >= 0.3 is 0 Å². The van der Waals surface area contributed by atoms with Crippen LogP contribution in [0.3, 0.4) is 0 Å². The van der Waals surface area contributed by atoms with Gasteiger partial charge in [-0.15, -0.1) is 0 Å². The number of aromatic hydroxyl groups is 4. The summed E-state index contributed by atoms with van der Waals surface area (Å²) in [7, 11) is 0. The molecule has 4 rings (SSSR count). The predicted molar refractivity (Wildman–Crippen MR) is 149 cm³/mol. The summed E-state index contributed by atoms with van der Waals surface area (Å²) in [5, 5.41) is 40.7. The molecule has 0 aromatic heterocycles. The molecule has 0 fully saturated rings. The molecule has 1 atom stereocenters. The van der Waals surface area contributed by atoms with Crippen molar-refractivity contribution in [2.45, 2.75) is 58.8 Å². The molecule has 0 aliphatic carbocycles. The van der Waals surface area contributed by atoms with Crippen LogP contribution in [0.25, 0.3) is 0 Å². The van der Waals surface area contributed by atoms with Crippen LogP contribution in [0.1, 0.15) is 57.3 Å². The van der Waals surface area contributed by atoms with Crippen LogP contribution in [0.4, 0.5) is 0 Å². The van der Waals surface area contributed by atoms with Crippen molar-refractivity contribution in [3.05, 3.63) is 117 Å². The molecule has 0 aliphatic heterocycles. The van der Waals surface area contributed by atoms with E-state index in [0.717, 1.165) is 70.2 Å². The molecule has 4 N–H and O–H groups in total. The van der Waals surface area contributed by atoms with E-state index in [1.54, 1.807) is 24.3 Å². The van der Waals surface area contributed by atoms with E-state index in [-0.39, 0.29) is 11.5 Å². The van der Waals surface area contributed by atoms with E-state index in [1.807, 2.05) is 58.0 Å². The lowest BCUT2D eigenvalue weighted by Crippen LogP contribution is -2.30. The zero-order valence-corrected chi connectivity index (χ0v) is 22.0. The number of aryl methyl sites for hydroxylation is 6. The van der Waals surface area contributed by atoms with Gasteiger partial charge in [0.1, 0.15) is 23.0 Å². The number of benzene rings is 4. The normalized spacial score (nSPS) is 12.9. The molecule has 37 heavy (non-hydrogen) atoms.